The van der Waals surface area contributed by atoms with E-state index in [-0.39, 0.29) is 18.5 Å². The van der Waals surface area contributed by atoms with Crippen molar-refractivity contribution in [3.8, 4) is 0 Å². The summed E-state index contributed by atoms with van der Waals surface area (Å²) in [6.45, 7) is 7.58. The average molecular weight is 564 g/mol. The lowest BCUT2D eigenvalue weighted by Gasteiger charge is -2.34. The minimum Gasteiger partial charge on any atom is -0.352 e. The van der Waals surface area contributed by atoms with E-state index in [1.165, 1.54) is 0 Å². The van der Waals surface area contributed by atoms with Gasteiger partial charge in [-0.05, 0) is 55.0 Å². The Labute approximate surface area is 239 Å². The molecule has 0 radical (unpaired) electrons. The van der Waals surface area contributed by atoms with Gasteiger partial charge in [0.25, 0.3) is 0 Å². The van der Waals surface area contributed by atoms with Crippen LogP contribution in [0.2, 0.25) is 0 Å². The second-order valence-corrected chi connectivity index (χ2v) is 12.1. The van der Waals surface area contributed by atoms with Crippen LogP contribution in [0, 0.1) is 6.92 Å². The van der Waals surface area contributed by atoms with Crippen molar-refractivity contribution in [1.29, 1.82) is 0 Å². The fourth-order valence-corrected chi connectivity index (χ4v) is 5.49. The molecule has 1 N–H and O–H groups in total. The number of aryl methyl sites for hydroxylation is 2. The molecule has 0 unspecified atom stereocenters. The van der Waals surface area contributed by atoms with E-state index in [1.54, 1.807) is 17.0 Å². The number of hydrogen-bond acceptors (Lipinski definition) is 4. The number of carbonyl (C=O) groups excluding carboxylic acids is 2. The normalized spacial score (nSPS) is 12.8. The molecule has 3 aromatic rings. The zero-order chi connectivity index (χ0) is 29.3. The van der Waals surface area contributed by atoms with Crippen LogP contribution in [0.1, 0.15) is 49.4 Å². The Balaban J connectivity index is 2.09. The Hall–Kier alpha value is -3.65. The number of amides is 2. The van der Waals surface area contributed by atoms with E-state index in [0.717, 1.165) is 39.2 Å². The van der Waals surface area contributed by atoms with Crippen molar-refractivity contribution >= 4 is 27.5 Å². The second-order valence-electron chi connectivity index (χ2n) is 10.2. The fourth-order valence-electron chi connectivity index (χ4n) is 4.61. The van der Waals surface area contributed by atoms with Gasteiger partial charge in [-0.1, -0.05) is 86.6 Å². The van der Waals surface area contributed by atoms with Gasteiger partial charge in [0.05, 0.1) is 11.9 Å². The van der Waals surface area contributed by atoms with Crippen LogP contribution in [0.25, 0.3) is 0 Å². The molecule has 7 nitrogen and oxygen atoms in total. The summed E-state index contributed by atoms with van der Waals surface area (Å²) in [7, 11) is -3.80. The van der Waals surface area contributed by atoms with Gasteiger partial charge >= 0.3 is 0 Å². The predicted molar refractivity (Wildman–Crippen MR) is 162 cm³/mol. The van der Waals surface area contributed by atoms with Crippen LogP contribution in [0.15, 0.2) is 78.9 Å². The van der Waals surface area contributed by atoms with Gasteiger partial charge in [-0.15, -0.1) is 0 Å². The van der Waals surface area contributed by atoms with Crippen LogP contribution in [-0.4, -0.2) is 50.0 Å². The third-order valence-corrected chi connectivity index (χ3v) is 8.32. The molecule has 0 fully saturated rings. The Morgan fingerprint density at radius 3 is 2.08 bits per heavy atom. The standard InChI is InChI=1S/C32H41N3O4S/c1-6-25(4)33-32(37)30(21-26-16-9-8-10-17-26)34(22-28-19-12-11-15-24(28)3)31(36)23-35(40(5,38)39)29-20-14-13-18-27(29)7-2/h8-20,25,30H,6-7,21-23H2,1-5H3,(H,33,37)/t25-,30-/m0/s1. The van der Waals surface area contributed by atoms with E-state index in [2.05, 4.69) is 5.32 Å². The maximum Gasteiger partial charge on any atom is 0.244 e. The van der Waals surface area contributed by atoms with E-state index in [9.17, 15) is 18.0 Å². The first kappa shape index (κ1) is 30.9. The van der Waals surface area contributed by atoms with Gasteiger partial charge in [-0.25, -0.2) is 8.42 Å². The Bertz CT molecular complexity index is 1390. The van der Waals surface area contributed by atoms with Gasteiger partial charge in [0, 0.05) is 19.0 Å². The molecule has 0 aliphatic heterocycles. The van der Waals surface area contributed by atoms with Gasteiger partial charge in [-0.3, -0.25) is 13.9 Å². The zero-order valence-electron chi connectivity index (χ0n) is 24.1. The minimum atomic E-state index is -3.80. The summed E-state index contributed by atoms with van der Waals surface area (Å²) in [4.78, 5) is 29.5. The second kappa shape index (κ2) is 14.1. The summed E-state index contributed by atoms with van der Waals surface area (Å²) in [6.07, 6.45) is 2.75. The van der Waals surface area contributed by atoms with Crippen molar-refractivity contribution in [2.24, 2.45) is 0 Å². The highest BCUT2D eigenvalue weighted by atomic mass is 32.2. The Kier molecular flexibility index (Phi) is 10.9. The van der Waals surface area contributed by atoms with Gasteiger partial charge < -0.3 is 10.2 Å². The molecule has 214 valence electrons. The van der Waals surface area contributed by atoms with Crippen LogP contribution in [0.4, 0.5) is 5.69 Å². The van der Waals surface area contributed by atoms with Crippen molar-refractivity contribution in [1.82, 2.24) is 10.2 Å². The molecule has 3 rings (SSSR count). The molecule has 40 heavy (non-hydrogen) atoms. The third kappa shape index (κ3) is 8.18. The molecule has 0 saturated heterocycles. The third-order valence-electron chi connectivity index (χ3n) is 7.19. The van der Waals surface area contributed by atoms with Gasteiger partial charge in [0.15, 0.2) is 0 Å². The average Bonchev–Trinajstić information content (AvgIpc) is 2.94. The van der Waals surface area contributed by atoms with E-state index in [4.69, 9.17) is 0 Å². The number of benzene rings is 3. The molecule has 0 heterocycles. The predicted octanol–water partition coefficient (Wildman–Crippen LogP) is 4.88. The van der Waals surface area contributed by atoms with Gasteiger partial charge in [-0.2, -0.15) is 0 Å². The van der Waals surface area contributed by atoms with Crippen LogP contribution >= 0.6 is 0 Å². The summed E-state index contributed by atoms with van der Waals surface area (Å²) in [5, 5.41) is 3.05. The molecule has 0 aliphatic carbocycles. The number of rotatable bonds is 13. The molecule has 0 saturated carbocycles. The summed E-state index contributed by atoms with van der Waals surface area (Å²) in [5.41, 5.74) is 4.08. The van der Waals surface area contributed by atoms with E-state index < -0.39 is 28.5 Å². The molecule has 0 aliphatic rings. The number of para-hydroxylation sites is 1. The molecule has 2 atom stereocenters. The van der Waals surface area contributed by atoms with Crippen molar-refractivity contribution < 1.29 is 18.0 Å². The number of sulfonamides is 1. The number of hydrogen-bond donors (Lipinski definition) is 1. The monoisotopic (exact) mass is 563 g/mol. The molecule has 0 aromatic heterocycles. The number of anilines is 1. The fraction of sp³-hybridized carbons (Fsp3) is 0.375. The van der Waals surface area contributed by atoms with Crippen molar-refractivity contribution in [3.05, 3.63) is 101 Å². The molecular formula is C32H41N3O4S. The van der Waals surface area contributed by atoms with E-state index in [0.29, 0.717) is 18.5 Å². The minimum absolute atomic E-state index is 0.0786. The summed E-state index contributed by atoms with van der Waals surface area (Å²) in [5.74, 6) is -0.709. The molecular weight excluding hydrogens is 522 g/mol. The van der Waals surface area contributed by atoms with Gasteiger partial charge in [0.1, 0.15) is 12.6 Å². The summed E-state index contributed by atoms with van der Waals surface area (Å²) in [6, 6.07) is 23.6. The highest BCUT2D eigenvalue weighted by molar-refractivity contribution is 7.92. The van der Waals surface area contributed by atoms with Crippen molar-refractivity contribution in [3.63, 3.8) is 0 Å². The molecule has 0 spiro atoms. The maximum absolute atomic E-state index is 14.2. The highest BCUT2D eigenvalue weighted by Crippen LogP contribution is 2.25. The van der Waals surface area contributed by atoms with E-state index >= 15 is 0 Å². The highest BCUT2D eigenvalue weighted by Gasteiger charge is 2.34. The Morgan fingerprint density at radius 2 is 1.48 bits per heavy atom. The lowest BCUT2D eigenvalue weighted by molar-refractivity contribution is -0.140. The zero-order valence-corrected chi connectivity index (χ0v) is 24.9. The summed E-state index contributed by atoms with van der Waals surface area (Å²) < 4.78 is 27.2. The first-order chi connectivity index (χ1) is 19.0. The first-order valence-electron chi connectivity index (χ1n) is 13.8. The lowest BCUT2D eigenvalue weighted by atomic mass is 10.0. The first-order valence-corrected chi connectivity index (χ1v) is 15.6. The smallest absolute Gasteiger partial charge is 0.244 e. The number of nitrogens with one attached hydrogen (secondary N) is 1. The SMILES string of the molecule is CCc1ccccc1N(CC(=O)N(Cc1ccccc1C)[C@@H](Cc1ccccc1)C(=O)N[C@@H](C)CC)S(C)(=O)=O. The van der Waals surface area contributed by atoms with Gasteiger partial charge in [0.2, 0.25) is 21.8 Å². The van der Waals surface area contributed by atoms with Crippen LogP contribution in [0.5, 0.6) is 0 Å². The van der Waals surface area contributed by atoms with Crippen molar-refractivity contribution in [2.45, 2.75) is 65.6 Å². The number of nitrogens with zero attached hydrogens (tertiary/aromatic N) is 2. The quantitative estimate of drug-likeness (QED) is 0.321. The molecule has 0 bridgehead atoms. The maximum atomic E-state index is 14.2. The Morgan fingerprint density at radius 1 is 0.875 bits per heavy atom. The van der Waals surface area contributed by atoms with Crippen LogP contribution in [0.3, 0.4) is 0 Å². The van der Waals surface area contributed by atoms with Crippen LogP contribution < -0.4 is 9.62 Å². The largest absolute Gasteiger partial charge is 0.352 e. The number of carbonyl (C=O) groups is 2. The summed E-state index contributed by atoms with van der Waals surface area (Å²) >= 11 is 0. The van der Waals surface area contributed by atoms with Crippen molar-refractivity contribution in [2.75, 3.05) is 17.1 Å². The van der Waals surface area contributed by atoms with Crippen LogP contribution in [-0.2, 0) is 39.0 Å². The topological polar surface area (TPSA) is 86.8 Å². The molecule has 3 aromatic carbocycles. The molecule has 8 heteroatoms. The van der Waals surface area contributed by atoms with E-state index in [1.807, 2.05) is 94.4 Å². The molecule has 2 amide bonds. The lowest BCUT2D eigenvalue weighted by Crippen LogP contribution is -2.54.